The smallest absolute Gasteiger partial charge is 0.356 e. The lowest BCUT2D eigenvalue weighted by Crippen LogP contribution is -2.20. The molecule has 0 aliphatic heterocycles. The van der Waals surface area contributed by atoms with Crippen LogP contribution in [0.1, 0.15) is 42.1 Å². The molecule has 0 unspecified atom stereocenters. The Balaban J connectivity index is 2.75. The molecule has 5 nitrogen and oxygen atoms in total. The zero-order chi connectivity index (χ0) is 13.5. The number of esters is 1. The van der Waals surface area contributed by atoms with Crippen molar-refractivity contribution < 1.29 is 9.53 Å². The van der Waals surface area contributed by atoms with E-state index in [2.05, 4.69) is 16.8 Å². The molecule has 1 aromatic rings. The molecule has 1 aromatic heterocycles. The standard InChI is InChI=1S/C12H20N2O3S/c1-4-6-7-14(3)8-9-10(11(15)17-5-2)13-12(16)18-9/h4-8H2,1-3H3,(H,13,16). The number of hydrogen-bond donors (Lipinski definition) is 1. The van der Waals surface area contributed by atoms with Gasteiger partial charge in [0.2, 0.25) is 0 Å². The number of rotatable bonds is 7. The van der Waals surface area contributed by atoms with Crippen molar-refractivity contribution in [3.8, 4) is 0 Å². The lowest BCUT2D eigenvalue weighted by Gasteiger charge is -2.15. The van der Waals surface area contributed by atoms with E-state index in [1.165, 1.54) is 0 Å². The SMILES string of the molecule is CCCCN(C)Cc1sc(=O)[nH]c1C(=O)OCC. The quantitative estimate of drug-likeness (QED) is 0.769. The van der Waals surface area contributed by atoms with Gasteiger partial charge in [-0.25, -0.2) is 4.79 Å². The summed E-state index contributed by atoms with van der Waals surface area (Å²) in [6.45, 7) is 5.73. The number of aromatic nitrogens is 1. The number of unbranched alkanes of at least 4 members (excludes halogenated alkanes) is 1. The maximum atomic E-state index is 11.7. The van der Waals surface area contributed by atoms with Crippen LogP contribution in [-0.2, 0) is 11.3 Å². The Morgan fingerprint density at radius 1 is 1.44 bits per heavy atom. The van der Waals surface area contributed by atoms with E-state index < -0.39 is 5.97 Å². The summed E-state index contributed by atoms with van der Waals surface area (Å²) < 4.78 is 4.92. The van der Waals surface area contributed by atoms with Crippen LogP contribution in [0.25, 0.3) is 0 Å². The number of carbonyl (C=O) groups is 1. The van der Waals surface area contributed by atoms with Gasteiger partial charge in [-0.1, -0.05) is 24.7 Å². The van der Waals surface area contributed by atoms with Gasteiger partial charge in [-0.15, -0.1) is 0 Å². The Kier molecular flexibility index (Phi) is 6.07. The number of ether oxygens (including phenoxy) is 1. The van der Waals surface area contributed by atoms with E-state index in [0.717, 1.165) is 35.6 Å². The highest BCUT2D eigenvalue weighted by Gasteiger charge is 2.17. The second-order valence-corrected chi connectivity index (χ2v) is 5.19. The summed E-state index contributed by atoms with van der Waals surface area (Å²) in [6, 6.07) is 0. The molecule has 0 amide bonds. The minimum Gasteiger partial charge on any atom is -0.461 e. The molecule has 0 radical (unpaired) electrons. The second-order valence-electron chi connectivity index (χ2n) is 4.12. The molecule has 6 heteroatoms. The third-order valence-electron chi connectivity index (χ3n) is 2.51. The van der Waals surface area contributed by atoms with E-state index in [1.54, 1.807) is 6.92 Å². The topological polar surface area (TPSA) is 62.4 Å². The maximum absolute atomic E-state index is 11.7. The van der Waals surface area contributed by atoms with Crippen molar-refractivity contribution in [1.29, 1.82) is 0 Å². The molecule has 0 spiro atoms. The summed E-state index contributed by atoms with van der Waals surface area (Å²) in [5.41, 5.74) is 0.301. The average molecular weight is 272 g/mol. The Morgan fingerprint density at radius 2 is 2.17 bits per heavy atom. The average Bonchev–Trinajstić information content (AvgIpc) is 2.68. The van der Waals surface area contributed by atoms with Crippen molar-refractivity contribution >= 4 is 17.3 Å². The number of hydrogen-bond acceptors (Lipinski definition) is 5. The monoisotopic (exact) mass is 272 g/mol. The van der Waals surface area contributed by atoms with Crippen molar-refractivity contribution in [3.63, 3.8) is 0 Å². The second kappa shape index (κ2) is 7.33. The van der Waals surface area contributed by atoms with Crippen LogP contribution in [-0.4, -0.2) is 36.1 Å². The van der Waals surface area contributed by atoms with Crippen molar-refractivity contribution in [3.05, 3.63) is 20.2 Å². The van der Waals surface area contributed by atoms with Crippen LogP contribution in [0.3, 0.4) is 0 Å². The number of nitrogens with one attached hydrogen (secondary N) is 1. The molecular formula is C12H20N2O3S. The Morgan fingerprint density at radius 3 is 2.78 bits per heavy atom. The summed E-state index contributed by atoms with van der Waals surface area (Å²) in [6.07, 6.45) is 2.23. The van der Waals surface area contributed by atoms with Crippen LogP contribution < -0.4 is 4.87 Å². The maximum Gasteiger partial charge on any atom is 0.356 e. The number of thiazole rings is 1. The normalized spacial score (nSPS) is 10.9. The third kappa shape index (κ3) is 4.27. The van der Waals surface area contributed by atoms with Crippen LogP contribution >= 0.6 is 11.3 Å². The van der Waals surface area contributed by atoms with Gasteiger partial charge in [0, 0.05) is 6.54 Å². The molecule has 1 heterocycles. The van der Waals surface area contributed by atoms with Crippen LogP contribution in [0.4, 0.5) is 0 Å². The first kappa shape index (κ1) is 14.9. The number of aromatic amines is 1. The highest BCUT2D eigenvalue weighted by Crippen LogP contribution is 2.13. The summed E-state index contributed by atoms with van der Waals surface area (Å²) in [4.78, 5) is 28.2. The van der Waals surface area contributed by atoms with Crippen LogP contribution in [0, 0.1) is 0 Å². The zero-order valence-corrected chi connectivity index (χ0v) is 11.9. The fraction of sp³-hybridized carbons (Fsp3) is 0.667. The van der Waals surface area contributed by atoms with Gasteiger partial charge in [-0.05, 0) is 26.9 Å². The molecule has 0 aliphatic carbocycles. The first-order valence-corrected chi connectivity index (χ1v) is 6.97. The van der Waals surface area contributed by atoms with Gasteiger partial charge in [0.05, 0.1) is 11.5 Å². The fourth-order valence-corrected chi connectivity index (χ4v) is 2.49. The lowest BCUT2D eigenvalue weighted by molar-refractivity contribution is 0.0518. The van der Waals surface area contributed by atoms with Gasteiger partial charge >= 0.3 is 10.8 Å². The molecule has 0 aliphatic rings. The van der Waals surface area contributed by atoms with Crippen molar-refractivity contribution in [2.45, 2.75) is 33.2 Å². The molecule has 0 atom stereocenters. The Bertz CT molecular complexity index is 439. The van der Waals surface area contributed by atoms with Crippen molar-refractivity contribution in [1.82, 2.24) is 9.88 Å². The highest BCUT2D eigenvalue weighted by molar-refractivity contribution is 7.09. The van der Waals surface area contributed by atoms with Gasteiger partial charge in [-0.2, -0.15) is 0 Å². The highest BCUT2D eigenvalue weighted by atomic mass is 32.1. The first-order chi connectivity index (χ1) is 8.58. The zero-order valence-electron chi connectivity index (χ0n) is 11.1. The van der Waals surface area contributed by atoms with Crippen LogP contribution in [0.5, 0.6) is 0 Å². The summed E-state index contributed by atoms with van der Waals surface area (Å²) >= 11 is 1.08. The predicted octanol–water partition coefficient (Wildman–Crippen LogP) is 1.84. The van der Waals surface area contributed by atoms with Gasteiger partial charge in [0.25, 0.3) is 0 Å². The van der Waals surface area contributed by atoms with E-state index in [1.807, 2.05) is 7.05 Å². The molecule has 102 valence electrons. The van der Waals surface area contributed by atoms with E-state index in [4.69, 9.17) is 4.74 Å². The molecule has 0 bridgehead atoms. The molecule has 18 heavy (non-hydrogen) atoms. The van der Waals surface area contributed by atoms with Crippen LogP contribution in [0.15, 0.2) is 4.79 Å². The molecular weight excluding hydrogens is 252 g/mol. The van der Waals surface area contributed by atoms with Gasteiger partial charge < -0.3 is 14.6 Å². The van der Waals surface area contributed by atoms with Gasteiger partial charge in [-0.3, -0.25) is 4.79 Å². The van der Waals surface area contributed by atoms with E-state index >= 15 is 0 Å². The van der Waals surface area contributed by atoms with Crippen molar-refractivity contribution in [2.75, 3.05) is 20.2 Å². The predicted molar refractivity (Wildman–Crippen MR) is 72.1 cm³/mol. The summed E-state index contributed by atoms with van der Waals surface area (Å²) in [7, 11) is 1.98. The summed E-state index contributed by atoms with van der Waals surface area (Å²) in [5.74, 6) is -0.449. The third-order valence-corrected chi connectivity index (χ3v) is 3.38. The van der Waals surface area contributed by atoms with Crippen molar-refractivity contribution in [2.24, 2.45) is 0 Å². The molecule has 0 fully saturated rings. The van der Waals surface area contributed by atoms with Gasteiger partial charge in [0.15, 0.2) is 0 Å². The number of H-pyrrole nitrogens is 1. The minimum atomic E-state index is -0.449. The Labute approximate surface area is 111 Å². The largest absolute Gasteiger partial charge is 0.461 e. The molecule has 0 saturated heterocycles. The first-order valence-electron chi connectivity index (χ1n) is 6.16. The van der Waals surface area contributed by atoms with E-state index in [0.29, 0.717) is 18.8 Å². The lowest BCUT2D eigenvalue weighted by atomic mass is 10.3. The summed E-state index contributed by atoms with van der Waals surface area (Å²) in [5, 5.41) is 0. The fourth-order valence-electron chi connectivity index (χ4n) is 1.59. The van der Waals surface area contributed by atoms with Gasteiger partial charge in [0.1, 0.15) is 5.69 Å². The Hall–Kier alpha value is -1.14. The molecule has 0 aromatic carbocycles. The van der Waals surface area contributed by atoms with E-state index in [-0.39, 0.29) is 4.87 Å². The molecule has 0 saturated carbocycles. The number of carbonyl (C=O) groups excluding carboxylic acids is 1. The van der Waals surface area contributed by atoms with Crippen LogP contribution in [0.2, 0.25) is 0 Å². The minimum absolute atomic E-state index is 0.211. The number of nitrogens with zero attached hydrogens (tertiary/aromatic N) is 1. The van der Waals surface area contributed by atoms with E-state index in [9.17, 15) is 9.59 Å². The molecule has 1 rings (SSSR count). The molecule has 1 N–H and O–H groups in total.